The van der Waals surface area contributed by atoms with Crippen molar-refractivity contribution in [3.05, 3.63) is 66.8 Å². The van der Waals surface area contributed by atoms with Gasteiger partial charge in [-0.1, -0.05) is 42.5 Å². The zero-order valence-electron chi connectivity index (χ0n) is 13.3. The van der Waals surface area contributed by atoms with Crippen molar-refractivity contribution in [1.82, 2.24) is 0 Å². The Labute approximate surface area is 138 Å². The fourth-order valence-electron chi connectivity index (χ4n) is 2.38. The van der Waals surface area contributed by atoms with E-state index >= 15 is 0 Å². The summed E-state index contributed by atoms with van der Waals surface area (Å²) in [6.07, 6.45) is 13.3. The summed E-state index contributed by atoms with van der Waals surface area (Å²) in [5, 5.41) is 0. The molecule has 0 bridgehead atoms. The van der Waals surface area contributed by atoms with Gasteiger partial charge in [0.2, 0.25) is 0 Å². The SMILES string of the molecule is CC1(/C=C/CCCCS(=O)(=O)c2ccccc2)C=CC(=O)C=C1. The Balaban J connectivity index is 1.76. The molecule has 122 valence electrons. The van der Waals surface area contributed by atoms with Crippen molar-refractivity contribution in [1.29, 1.82) is 0 Å². The lowest BCUT2D eigenvalue weighted by atomic mass is 9.85. The Morgan fingerprint density at radius 2 is 1.70 bits per heavy atom. The standard InChI is InChI=1S/C19H22O3S/c1-19(14-11-17(20)12-15-19)13-7-2-3-8-16-23(21,22)18-9-5-4-6-10-18/h4-7,9-15H,2-3,8,16H2,1H3/b13-7+. The lowest BCUT2D eigenvalue weighted by molar-refractivity contribution is -0.110. The number of hydrogen-bond donors (Lipinski definition) is 0. The lowest BCUT2D eigenvalue weighted by Crippen LogP contribution is -2.10. The number of ketones is 1. The zero-order valence-corrected chi connectivity index (χ0v) is 14.1. The number of rotatable bonds is 7. The number of carbonyl (C=O) groups is 1. The smallest absolute Gasteiger partial charge is 0.178 e. The number of allylic oxidation sites excluding steroid dienone is 6. The molecule has 0 radical (unpaired) electrons. The summed E-state index contributed by atoms with van der Waals surface area (Å²) in [6, 6.07) is 8.57. The molecular formula is C19H22O3S. The summed E-state index contributed by atoms with van der Waals surface area (Å²) < 4.78 is 24.3. The van der Waals surface area contributed by atoms with E-state index in [0.29, 0.717) is 11.3 Å². The number of sulfone groups is 1. The highest BCUT2D eigenvalue weighted by Crippen LogP contribution is 2.25. The van der Waals surface area contributed by atoms with Gasteiger partial charge in [0.1, 0.15) is 0 Å². The van der Waals surface area contributed by atoms with Gasteiger partial charge in [0.15, 0.2) is 15.6 Å². The first kappa shape index (κ1) is 17.4. The van der Waals surface area contributed by atoms with Crippen LogP contribution in [0.4, 0.5) is 0 Å². The molecule has 1 aromatic rings. The molecule has 0 fully saturated rings. The maximum Gasteiger partial charge on any atom is 0.178 e. The third-order valence-electron chi connectivity index (χ3n) is 3.83. The molecule has 1 aliphatic rings. The van der Waals surface area contributed by atoms with Crippen molar-refractivity contribution >= 4 is 15.6 Å². The normalized spacial score (nSPS) is 17.0. The number of hydrogen-bond acceptors (Lipinski definition) is 3. The summed E-state index contributed by atoms with van der Waals surface area (Å²) in [6.45, 7) is 2.03. The van der Waals surface area contributed by atoms with Gasteiger partial charge in [0, 0.05) is 5.41 Å². The molecule has 0 saturated heterocycles. The van der Waals surface area contributed by atoms with Gasteiger partial charge in [-0.3, -0.25) is 4.79 Å². The van der Waals surface area contributed by atoms with Crippen molar-refractivity contribution in [2.75, 3.05) is 5.75 Å². The van der Waals surface area contributed by atoms with Crippen molar-refractivity contribution in [3.8, 4) is 0 Å². The molecule has 0 saturated carbocycles. The fourth-order valence-corrected chi connectivity index (χ4v) is 3.77. The van der Waals surface area contributed by atoms with Crippen LogP contribution in [-0.2, 0) is 14.6 Å². The van der Waals surface area contributed by atoms with Crippen LogP contribution in [0, 0.1) is 5.41 Å². The van der Waals surface area contributed by atoms with Crippen LogP contribution < -0.4 is 0 Å². The predicted octanol–water partition coefficient (Wildman–Crippen LogP) is 3.89. The van der Waals surface area contributed by atoms with Crippen molar-refractivity contribution in [3.63, 3.8) is 0 Å². The lowest BCUT2D eigenvalue weighted by Gasteiger charge is -2.18. The molecule has 0 heterocycles. The first-order valence-corrected chi connectivity index (χ1v) is 9.44. The van der Waals surface area contributed by atoms with Gasteiger partial charge in [0.25, 0.3) is 0 Å². The van der Waals surface area contributed by atoms with Crippen LogP contribution in [0.1, 0.15) is 26.2 Å². The highest BCUT2D eigenvalue weighted by Gasteiger charge is 2.16. The number of unbranched alkanes of at least 4 members (excludes halogenated alkanes) is 2. The van der Waals surface area contributed by atoms with Crippen LogP contribution in [0.2, 0.25) is 0 Å². The van der Waals surface area contributed by atoms with E-state index in [1.807, 2.05) is 25.1 Å². The topological polar surface area (TPSA) is 51.2 Å². The molecule has 0 N–H and O–H groups in total. The number of carbonyl (C=O) groups excluding carboxylic acids is 1. The summed E-state index contributed by atoms with van der Waals surface area (Å²) >= 11 is 0. The van der Waals surface area contributed by atoms with Crippen molar-refractivity contribution in [2.24, 2.45) is 5.41 Å². The summed E-state index contributed by atoms with van der Waals surface area (Å²) in [4.78, 5) is 11.5. The Morgan fingerprint density at radius 3 is 2.35 bits per heavy atom. The minimum absolute atomic E-state index is 0.0157. The first-order valence-electron chi connectivity index (χ1n) is 7.79. The first-order chi connectivity index (χ1) is 10.9. The fraction of sp³-hybridized carbons (Fsp3) is 0.316. The minimum atomic E-state index is -3.17. The number of benzene rings is 1. The van der Waals surface area contributed by atoms with E-state index in [-0.39, 0.29) is 17.0 Å². The van der Waals surface area contributed by atoms with Gasteiger partial charge >= 0.3 is 0 Å². The highest BCUT2D eigenvalue weighted by atomic mass is 32.2. The predicted molar refractivity (Wildman–Crippen MR) is 92.9 cm³/mol. The molecule has 1 aliphatic carbocycles. The molecule has 0 unspecified atom stereocenters. The Morgan fingerprint density at radius 1 is 1.04 bits per heavy atom. The van der Waals surface area contributed by atoms with Crippen LogP contribution in [-0.4, -0.2) is 20.0 Å². The third kappa shape index (κ3) is 5.32. The van der Waals surface area contributed by atoms with Gasteiger partial charge in [-0.05, 0) is 50.5 Å². The molecular weight excluding hydrogens is 308 g/mol. The highest BCUT2D eigenvalue weighted by molar-refractivity contribution is 7.91. The maximum absolute atomic E-state index is 12.1. The van der Waals surface area contributed by atoms with Gasteiger partial charge in [-0.2, -0.15) is 0 Å². The van der Waals surface area contributed by atoms with Gasteiger partial charge in [-0.25, -0.2) is 8.42 Å². The average molecular weight is 330 g/mol. The van der Waals surface area contributed by atoms with Gasteiger partial charge < -0.3 is 0 Å². The van der Waals surface area contributed by atoms with E-state index in [4.69, 9.17) is 0 Å². The quantitative estimate of drug-likeness (QED) is 0.563. The van der Waals surface area contributed by atoms with Crippen LogP contribution >= 0.6 is 0 Å². The van der Waals surface area contributed by atoms with Gasteiger partial charge in [-0.15, -0.1) is 0 Å². The molecule has 2 rings (SSSR count). The Hall–Kier alpha value is -1.94. The van der Waals surface area contributed by atoms with E-state index in [9.17, 15) is 13.2 Å². The molecule has 4 heteroatoms. The van der Waals surface area contributed by atoms with Crippen LogP contribution in [0.25, 0.3) is 0 Å². The van der Waals surface area contributed by atoms with Crippen LogP contribution in [0.5, 0.6) is 0 Å². The molecule has 0 aromatic heterocycles. The monoisotopic (exact) mass is 330 g/mol. The third-order valence-corrected chi connectivity index (χ3v) is 5.64. The molecule has 0 atom stereocenters. The molecule has 23 heavy (non-hydrogen) atoms. The van der Waals surface area contributed by atoms with E-state index in [1.165, 1.54) is 0 Å². The molecule has 0 aliphatic heterocycles. The Kier molecular flexibility index (Phi) is 5.72. The average Bonchev–Trinajstić information content (AvgIpc) is 2.55. The van der Waals surface area contributed by atoms with E-state index in [1.54, 1.807) is 36.4 Å². The maximum atomic E-state index is 12.1. The second-order valence-corrected chi connectivity index (χ2v) is 8.07. The molecule has 1 aromatic carbocycles. The van der Waals surface area contributed by atoms with Crippen LogP contribution in [0.15, 0.2) is 71.7 Å². The molecule has 0 amide bonds. The second kappa shape index (κ2) is 7.55. The summed E-state index contributed by atoms with van der Waals surface area (Å²) in [5.41, 5.74) is -0.218. The van der Waals surface area contributed by atoms with E-state index in [0.717, 1.165) is 12.8 Å². The molecule has 3 nitrogen and oxygen atoms in total. The summed E-state index contributed by atoms with van der Waals surface area (Å²) in [5.74, 6) is 0.193. The van der Waals surface area contributed by atoms with Crippen molar-refractivity contribution in [2.45, 2.75) is 31.1 Å². The van der Waals surface area contributed by atoms with Crippen molar-refractivity contribution < 1.29 is 13.2 Å². The van der Waals surface area contributed by atoms with E-state index < -0.39 is 9.84 Å². The van der Waals surface area contributed by atoms with Crippen LogP contribution in [0.3, 0.4) is 0 Å². The zero-order chi connectivity index (χ0) is 16.8. The second-order valence-electron chi connectivity index (χ2n) is 5.97. The minimum Gasteiger partial charge on any atom is -0.290 e. The van der Waals surface area contributed by atoms with E-state index in [2.05, 4.69) is 12.2 Å². The summed E-state index contributed by atoms with van der Waals surface area (Å²) in [7, 11) is -3.17. The molecule has 0 spiro atoms. The Bertz CT molecular complexity index is 709. The van der Waals surface area contributed by atoms with Gasteiger partial charge in [0.05, 0.1) is 10.6 Å². The largest absolute Gasteiger partial charge is 0.290 e.